The molecule has 1 amide bonds. The molecule has 4 aromatic rings. The molecule has 0 bridgehead atoms. The summed E-state index contributed by atoms with van der Waals surface area (Å²) in [6, 6.07) is 9.85. The minimum absolute atomic E-state index is 0.128. The van der Waals surface area contributed by atoms with Crippen molar-refractivity contribution in [1.82, 2.24) is 19.4 Å². The zero-order valence-corrected chi connectivity index (χ0v) is 19.9. The van der Waals surface area contributed by atoms with Crippen LogP contribution in [0.1, 0.15) is 18.1 Å². The molecule has 4 rings (SSSR count). The second-order valence-corrected chi connectivity index (χ2v) is 9.97. The van der Waals surface area contributed by atoms with Crippen molar-refractivity contribution in [2.24, 2.45) is 0 Å². The lowest BCUT2D eigenvalue weighted by atomic mass is 10.2. The molecule has 0 aliphatic heterocycles. The number of nitrogens with zero attached hydrogens (tertiary/aromatic N) is 3. The van der Waals surface area contributed by atoms with Crippen LogP contribution in [0, 0.1) is 18.6 Å². The Morgan fingerprint density at radius 2 is 1.79 bits per heavy atom. The second kappa shape index (κ2) is 9.90. The third kappa shape index (κ3) is 4.95. The third-order valence-electron chi connectivity index (χ3n) is 4.94. The van der Waals surface area contributed by atoms with Gasteiger partial charge in [0, 0.05) is 12.6 Å². The Bertz CT molecular complexity index is 1470. The number of hydrogen-bond acceptors (Lipinski definition) is 6. The highest BCUT2D eigenvalue weighted by molar-refractivity contribution is 8.01. The molecule has 0 saturated carbocycles. The van der Waals surface area contributed by atoms with Gasteiger partial charge in [-0.2, -0.15) is 0 Å². The number of carbonyl (C=O) groups excluding carboxylic acids is 1. The van der Waals surface area contributed by atoms with Crippen LogP contribution in [0.5, 0.6) is 0 Å². The predicted octanol–water partition coefficient (Wildman–Crippen LogP) is 3.62. The number of thiazole rings is 1. The van der Waals surface area contributed by atoms with Crippen LogP contribution in [0.2, 0.25) is 0 Å². The Morgan fingerprint density at radius 1 is 1.12 bits per heavy atom. The normalized spacial score (nSPS) is 11.2. The van der Waals surface area contributed by atoms with Gasteiger partial charge in [-0.25, -0.2) is 23.1 Å². The molecule has 7 nitrogen and oxygen atoms in total. The summed E-state index contributed by atoms with van der Waals surface area (Å²) in [5, 5.41) is 2.56. The summed E-state index contributed by atoms with van der Waals surface area (Å²) < 4.78 is 29.9. The number of aromatic nitrogens is 3. The van der Waals surface area contributed by atoms with E-state index in [1.165, 1.54) is 23.1 Å². The number of rotatable bonds is 7. The van der Waals surface area contributed by atoms with E-state index in [0.29, 0.717) is 10.0 Å². The van der Waals surface area contributed by atoms with Crippen molar-refractivity contribution >= 4 is 39.4 Å². The standard InChI is InChI=1S/C23H20F2N4O3S2/c1-3-33-22-27-20-19(34-22)21(31)29(17-6-4-13(2)5-7-17)23(32)28(20)12-18(30)26-11-14-8-15(24)10-16(25)9-14/h4-10H,3,11-12H2,1-2H3,(H,26,30). The number of fused-ring (bicyclic) bond motifs is 1. The van der Waals surface area contributed by atoms with E-state index >= 15 is 0 Å². The topological polar surface area (TPSA) is 86.0 Å². The zero-order valence-electron chi connectivity index (χ0n) is 18.3. The molecular formula is C23H20F2N4O3S2. The Balaban J connectivity index is 1.74. The molecule has 176 valence electrons. The zero-order chi connectivity index (χ0) is 24.4. The van der Waals surface area contributed by atoms with Gasteiger partial charge >= 0.3 is 5.69 Å². The number of hydrogen-bond donors (Lipinski definition) is 1. The predicted molar refractivity (Wildman–Crippen MR) is 129 cm³/mol. The molecule has 0 spiro atoms. The van der Waals surface area contributed by atoms with Crippen LogP contribution < -0.4 is 16.6 Å². The van der Waals surface area contributed by atoms with E-state index < -0.39 is 35.3 Å². The van der Waals surface area contributed by atoms with E-state index in [4.69, 9.17) is 0 Å². The van der Waals surface area contributed by atoms with Gasteiger partial charge in [0.05, 0.1) is 5.69 Å². The molecular weight excluding hydrogens is 482 g/mol. The summed E-state index contributed by atoms with van der Waals surface area (Å²) in [4.78, 5) is 43.7. The van der Waals surface area contributed by atoms with Crippen LogP contribution in [0.3, 0.4) is 0 Å². The maximum Gasteiger partial charge on any atom is 0.337 e. The highest BCUT2D eigenvalue weighted by Crippen LogP contribution is 2.27. The van der Waals surface area contributed by atoms with Gasteiger partial charge < -0.3 is 5.32 Å². The summed E-state index contributed by atoms with van der Waals surface area (Å²) in [6.45, 7) is 3.29. The largest absolute Gasteiger partial charge is 0.350 e. The summed E-state index contributed by atoms with van der Waals surface area (Å²) in [5.41, 5.74) is 0.508. The molecule has 0 unspecified atom stereocenters. The monoisotopic (exact) mass is 502 g/mol. The molecule has 0 aliphatic carbocycles. The summed E-state index contributed by atoms with van der Waals surface area (Å²) in [7, 11) is 0. The van der Waals surface area contributed by atoms with E-state index in [1.807, 2.05) is 13.8 Å². The summed E-state index contributed by atoms with van der Waals surface area (Å²) >= 11 is 2.60. The van der Waals surface area contributed by atoms with Gasteiger partial charge in [-0.15, -0.1) is 11.3 Å². The van der Waals surface area contributed by atoms with Crippen molar-refractivity contribution in [2.45, 2.75) is 31.3 Å². The van der Waals surface area contributed by atoms with E-state index in [0.717, 1.165) is 38.6 Å². The fraction of sp³-hybridized carbons (Fsp3) is 0.217. The molecule has 0 saturated heterocycles. The fourth-order valence-electron chi connectivity index (χ4n) is 3.38. The number of aryl methyl sites for hydroxylation is 1. The maximum atomic E-state index is 13.4. The van der Waals surface area contributed by atoms with Gasteiger partial charge in [0.1, 0.15) is 22.9 Å². The highest BCUT2D eigenvalue weighted by atomic mass is 32.2. The van der Waals surface area contributed by atoms with Gasteiger partial charge in [0.15, 0.2) is 9.99 Å². The molecule has 34 heavy (non-hydrogen) atoms. The van der Waals surface area contributed by atoms with E-state index in [9.17, 15) is 23.2 Å². The number of carbonyl (C=O) groups is 1. The minimum atomic E-state index is -0.754. The van der Waals surface area contributed by atoms with Gasteiger partial charge in [-0.1, -0.05) is 36.4 Å². The van der Waals surface area contributed by atoms with Crippen LogP contribution in [0.4, 0.5) is 8.78 Å². The third-order valence-corrected chi connectivity index (χ3v) is 7.00. The molecule has 2 aromatic heterocycles. The molecule has 1 N–H and O–H groups in total. The quantitative estimate of drug-likeness (QED) is 0.390. The lowest BCUT2D eigenvalue weighted by molar-refractivity contribution is -0.121. The van der Waals surface area contributed by atoms with Gasteiger partial charge in [-0.3, -0.25) is 14.2 Å². The van der Waals surface area contributed by atoms with Crippen molar-refractivity contribution in [3.63, 3.8) is 0 Å². The van der Waals surface area contributed by atoms with Crippen LogP contribution in [-0.4, -0.2) is 25.8 Å². The van der Waals surface area contributed by atoms with Gasteiger partial charge in [0.2, 0.25) is 5.91 Å². The summed E-state index contributed by atoms with van der Waals surface area (Å²) in [5.74, 6) is -1.35. The molecule has 11 heteroatoms. The molecule has 2 heterocycles. The smallest absolute Gasteiger partial charge is 0.337 e. The van der Waals surface area contributed by atoms with E-state index in [2.05, 4.69) is 10.3 Å². The molecule has 0 radical (unpaired) electrons. The highest BCUT2D eigenvalue weighted by Gasteiger charge is 2.20. The fourth-order valence-corrected chi connectivity index (χ4v) is 5.35. The maximum absolute atomic E-state index is 13.4. The van der Waals surface area contributed by atoms with Crippen molar-refractivity contribution in [3.8, 4) is 5.69 Å². The Kier molecular flexibility index (Phi) is 6.94. The first-order chi connectivity index (χ1) is 16.3. The van der Waals surface area contributed by atoms with Crippen molar-refractivity contribution < 1.29 is 13.6 Å². The Morgan fingerprint density at radius 3 is 2.44 bits per heavy atom. The number of amides is 1. The van der Waals surface area contributed by atoms with Crippen LogP contribution in [-0.2, 0) is 17.9 Å². The summed E-state index contributed by atoms with van der Waals surface area (Å²) in [6.07, 6.45) is 0. The average molecular weight is 503 g/mol. The SMILES string of the molecule is CCSc1nc2c(s1)c(=O)n(-c1ccc(C)cc1)c(=O)n2CC(=O)NCc1cc(F)cc(F)c1. The van der Waals surface area contributed by atoms with Crippen molar-refractivity contribution in [2.75, 3.05) is 5.75 Å². The van der Waals surface area contributed by atoms with Gasteiger partial charge in [-0.05, 0) is 42.5 Å². The first kappa shape index (κ1) is 23.8. The lowest BCUT2D eigenvalue weighted by Crippen LogP contribution is -2.41. The first-order valence-corrected chi connectivity index (χ1v) is 12.1. The van der Waals surface area contributed by atoms with Crippen LogP contribution >= 0.6 is 23.1 Å². The number of halogens is 2. The van der Waals surface area contributed by atoms with Crippen LogP contribution in [0.25, 0.3) is 16.0 Å². The molecule has 0 fully saturated rings. The first-order valence-electron chi connectivity index (χ1n) is 10.3. The Labute approximate surface area is 201 Å². The molecule has 2 aromatic carbocycles. The number of benzene rings is 2. The van der Waals surface area contributed by atoms with Crippen LogP contribution in [0.15, 0.2) is 56.4 Å². The number of thioether (sulfide) groups is 1. The average Bonchev–Trinajstić information content (AvgIpc) is 3.20. The van der Waals surface area contributed by atoms with E-state index in [-0.39, 0.29) is 22.5 Å². The molecule has 0 atom stereocenters. The Hall–Kier alpha value is -3.31. The van der Waals surface area contributed by atoms with Crippen molar-refractivity contribution in [3.05, 3.63) is 86.1 Å². The lowest BCUT2D eigenvalue weighted by Gasteiger charge is -2.12. The minimum Gasteiger partial charge on any atom is -0.350 e. The van der Waals surface area contributed by atoms with Gasteiger partial charge in [0.25, 0.3) is 5.56 Å². The van der Waals surface area contributed by atoms with E-state index in [1.54, 1.807) is 24.3 Å². The second-order valence-electron chi connectivity index (χ2n) is 7.46. The molecule has 0 aliphatic rings. The van der Waals surface area contributed by atoms with Crippen molar-refractivity contribution in [1.29, 1.82) is 0 Å². The number of nitrogens with one attached hydrogen (secondary N) is 1.